The normalized spacial score (nSPS) is 11.8. The van der Waals surface area contributed by atoms with E-state index in [1.54, 1.807) is 36.4 Å². The summed E-state index contributed by atoms with van der Waals surface area (Å²) in [7, 11) is -3.34. The van der Waals surface area contributed by atoms with Crippen molar-refractivity contribution in [2.24, 2.45) is 0 Å². The van der Waals surface area contributed by atoms with Crippen molar-refractivity contribution in [2.45, 2.75) is 26.5 Å². The van der Waals surface area contributed by atoms with Gasteiger partial charge in [-0.05, 0) is 67.3 Å². The summed E-state index contributed by atoms with van der Waals surface area (Å²) in [6, 6.07) is 11.4. The third kappa shape index (κ3) is 9.05. The molecule has 0 aliphatic carbocycles. The van der Waals surface area contributed by atoms with Crippen molar-refractivity contribution < 1.29 is 28.3 Å². The van der Waals surface area contributed by atoms with Crippen molar-refractivity contribution in [1.82, 2.24) is 10.8 Å². The summed E-state index contributed by atoms with van der Waals surface area (Å²) < 4.78 is 24.7. The van der Waals surface area contributed by atoms with Crippen molar-refractivity contribution in [3.05, 3.63) is 65.2 Å². The minimum Gasteiger partial charge on any atom is -0.391 e. The fourth-order valence-electron chi connectivity index (χ4n) is 2.45. The number of aliphatic hydroxyl groups excluding tert-OH is 1. The number of carbonyl (C=O) groups excluding carboxylic acids is 2. The average Bonchev–Trinajstić information content (AvgIpc) is 2.74. The number of nitrogens with one attached hydrogen (secondary N) is 3. The van der Waals surface area contributed by atoms with Gasteiger partial charge in [-0.15, -0.1) is 0 Å². The van der Waals surface area contributed by atoms with E-state index in [0.717, 1.165) is 6.26 Å². The van der Waals surface area contributed by atoms with Gasteiger partial charge in [0, 0.05) is 22.4 Å². The molecule has 174 valence electrons. The van der Waals surface area contributed by atoms with Gasteiger partial charge in [0.15, 0.2) is 0 Å². The minimum atomic E-state index is -3.34. The van der Waals surface area contributed by atoms with Gasteiger partial charge in [-0.1, -0.05) is 19.3 Å². The van der Waals surface area contributed by atoms with Gasteiger partial charge in [-0.3, -0.25) is 19.5 Å². The lowest BCUT2D eigenvalue weighted by molar-refractivity contribution is -0.133. The van der Waals surface area contributed by atoms with Crippen LogP contribution in [0.2, 0.25) is 0 Å². The summed E-state index contributed by atoms with van der Waals surface area (Å²) >= 11 is 0. The zero-order valence-electron chi connectivity index (χ0n) is 17.2. The standard InChI is InChI=1S/C22H21N3O6S.CH4/c1-15(26)20(22(28)24-29)23-21(27)18-11-7-16(8-12-18)5-3-4-6-17-9-13-19(14-10-17)25-32(2,30)31;/h7-15,20,25-26,29H,1-2H3,(H,23,27)(H,24,28);1H4/t15-,20+;/m1./s1. The van der Waals surface area contributed by atoms with E-state index in [2.05, 4.69) is 33.7 Å². The minimum absolute atomic E-state index is 0. The van der Waals surface area contributed by atoms with E-state index in [1.165, 1.54) is 24.5 Å². The van der Waals surface area contributed by atoms with E-state index in [1.807, 2.05) is 0 Å². The monoisotopic (exact) mass is 471 g/mol. The summed E-state index contributed by atoms with van der Waals surface area (Å²) in [5, 5.41) is 20.6. The van der Waals surface area contributed by atoms with Crippen molar-refractivity contribution >= 4 is 27.5 Å². The Morgan fingerprint density at radius 1 is 0.939 bits per heavy atom. The Morgan fingerprint density at radius 3 is 1.85 bits per heavy atom. The van der Waals surface area contributed by atoms with Crippen molar-refractivity contribution in [2.75, 3.05) is 11.0 Å². The van der Waals surface area contributed by atoms with E-state index in [-0.39, 0.29) is 13.0 Å². The second kappa shape index (κ2) is 12.3. The Balaban J connectivity index is 0.00000544. The Labute approximate surface area is 193 Å². The molecule has 0 aliphatic rings. The third-order valence-electron chi connectivity index (χ3n) is 3.97. The van der Waals surface area contributed by atoms with Crippen molar-refractivity contribution in [3.8, 4) is 23.7 Å². The highest BCUT2D eigenvalue weighted by molar-refractivity contribution is 7.92. The maximum absolute atomic E-state index is 12.2. The van der Waals surface area contributed by atoms with E-state index in [0.29, 0.717) is 16.8 Å². The number of hydroxylamine groups is 1. The molecule has 0 spiro atoms. The molecule has 0 bridgehead atoms. The van der Waals surface area contributed by atoms with Crippen LogP contribution in [0.3, 0.4) is 0 Å². The highest BCUT2D eigenvalue weighted by Gasteiger charge is 2.25. The summed E-state index contributed by atoms with van der Waals surface area (Å²) in [5.74, 6) is 9.50. The third-order valence-corrected chi connectivity index (χ3v) is 4.58. The second-order valence-corrected chi connectivity index (χ2v) is 8.45. The molecule has 0 aliphatic heterocycles. The fraction of sp³-hybridized carbons (Fsp3) is 0.217. The van der Waals surface area contributed by atoms with Crippen LogP contribution in [0.25, 0.3) is 0 Å². The predicted molar refractivity (Wildman–Crippen MR) is 125 cm³/mol. The van der Waals surface area contributed by atoms with Crippen LogP contribution in [-0.4, -0.2) is 48.9 Å². The Kier molecular flexibility index (Phi) is 10.1. The first-order valence-corrected chi connectivity index (χ1v) is 11.1. The molecule has 0 heterocycles. The van der Waals surface area contributed by atoms with Gasteiger partial charge in [0.1, 0.15) is 6.04 Å². The van der Waals surface area contributed by atoms with Gasteiger partial charge in [-0.25, -0.2) is 13.9 Å². The molecule has 2 atom stereocenters. The smallest absolute Gasteiger partial charge is 0.268 e. The van der Waals surface area contributed by atoms with E-state index >= 15 is 0 Å². The van der Waals surface area contributed by atoms with E-state index in [9.17, 15) is 23.1 Å². The van der Waals surface area contributed by atoms with Crippen LogP contribution < -0.4 is 15.5 Å². The summed E-state index contributed by atoms with van der Waals surface area (Å²) in [5.41, 5.74) is 3.32. The molecule has 0 saturated carbocycles. The molecule has 2 aromatic carbocycles. The lowest BCUT2D eigenvalue weighted by atomic mass is 10.1. The number of amides is 2. The number of aliphatic hydroxyl groups is 1. The fourth-order valence-corrected chi connectivity index (χ4v) is 3.01. The van der Waals surface area contributed by atoms with Gasteiger partial charge in [-0.2, -0.15) is 0 Å². The lowest BCUT2D eigenvalue weighted by Gasteiger charge is -2.19. The number of hydrogen-bond acceptors (Lipinski definition) is 6. The van der Waals surface area contributed by atoms with Crippen LogP contribution in [0.4, 0.5) is 5.69 Å². The van der Waals surface area contributed by atoms with Gasteiger partial charge in [0.05, 0.1) is 12.4 Å². The average molecular weight is 472 g/mol. The van der Waals surface area contributed by atoms with E-state index in [4.69, 9.17) is 5.21 Å². The summed E-state index contributed by atoms with van der Waals surface area (Å²) in [6.07, 6.45) is -0.140. The highest BCUT2D eigenvalue weighted by Crippen LogP contribution is 2.10. The Bertz CT molecular complexity index is 1200. The van der Waals surface area contributed by atoms with Crippen molar-refractivity contribution in [1.29, 1.82) is 0 Å². The van der Waals surface area contributed by atoms with Gasteiger partial charge >= 0.3 is 0 Å². The molecule has 2 aromatic rings. The lowest BCUT2D eigenvalue weighted by Crippen LogP contribution is -2.51. The molecule has 9 nitrogen and oxygen atoms in total. The van der Waals surface area contributed by atoms with Crippen LogP contribution in [0.1, 0.15) is 35.8 Å². The topological polar surface area (TPSA) is 145 Å². The summed E-state index contributed by atoms with van der Waals surface area (Å²) in [4.78, 5) is 23.7. The summed E-state index contributed by atoms with van der Waals surface area (Å²) in [6.45, 7) is 1.31. The Morgan fingerprint density at radius 2 is 1.42 bits per heavy atom. The number of benzene rings is 2. The number of sulfonamides is 1. The van der Waals surface area contributed by atoms with Crippen LogP contribution in [-0.2, 0) is 14.8 Å². The van der Waals surface area contributed by atoms with E-state index < -0.39 is 34.0 Å². The highest BCUT2D eigenvalue weighted by atomic mass is 32.2. The molecular weight excluding hydrogens is 446 g/mol. The number of anilines is 1. The quantitative estimate of drug-likeness (QED) is 0.242. The molecule has 0 fully saturated rings. The predicted octanol–water partition coefficient (Wildman–Crippen LogP) is 1.08. The largest absolute Gasteiger partial charge is 0.391 e. The zero-order valence-corrected chi connectivity index (χ0v) is 18.0. The molecule has 33 heavy (non-hydrogen) atoms. The van der Waals surface area contributed by atoms with Gasteiger partial charge < -0.3 is 10.4 Å². The number of rotatable bonds is 6. The molecule has 0 unspecified atom stereocenters. The SMILES string of the molecule is C.C[C@@H](O)[C@H](NC(=O)c1ccc(C#CC#Cc2ccc(NS(C)(=O)=O)cc2)cc1)C(=O)NO. The first-order chi connectivity index (χ1) is 15.1. The Hall–Kier alpha value is -3.83. The molecular formula is C23H25N3O6S. The first kappa shape index (κ1) is 27.2. The van der Waals surface area contributed by atoms with Crippen LogP contribution in [0.15, 0.2) is 48.5 Å². The number of carbonyl (C=O) groups is 2. The molecule has 2 amide bonds. The van der Waals surface area contributed by atoms with Crippen LogP contribution >= 0.6 is 0 Å². The molecule has 10 heteroatoms. The molecule has 0 aromatic heterocycles. The second-order valence-electron chi connectivity index (χ2n) is 6.70. The maximum Gasteiger partial charge on any atom is 0.268 e. The number of hydrogen-bond donors (Lipinski definition) is 5. The van der Waals surface area contributed by atoms with Crippen molar-refractivity contribution in [3.63, 3.8) is 0 Å². The molecule has 2 rings (SSSR count). The molecule has 0 radical (unpaired) electrons. The zero-order chi connectivity index (χ0) is 23.7. The molecule has 5 N–H and O–H groups in total. The van der Waals surface area contributed by atoms with Crippen LogP contribution in [0.5, 0.6) is 0 Å². The maximum atomic E-state index is 12.2. The molecule has 0 saturated heterocycles. The first-order valence-electron chi connectivity index (χ1n) is 9.22. The van der Waals surface area contributed by atoms with Gasteiger partial charge in [0.2, 0.25) is 10.0 Å². The van der Waals surface area contributed by atoms with Crippen LogP contribution in [0, 0.1) is 23.7 Å². The van der Waals surface area contributed by atoms with Gasteiger partial charge in [0.25, 0.3) is 11.8 Å².